The molecule has 1 aromatic rings. The first-order valence-corrected chi connectivity index (χ1v) is 14.3. The Morgan fingerprint density at radius 2 is 1.81 bits per heavy atom. The van der Waals surface area contributed by atoms with E-state index < -0.39 is 0 Å². The lowest BCUT2D eigenvalue weighted by atomic mass is 9.61. The molecule has 1 spiro atoms. The minimum absolute atomic E-state index is 0.0164. The van der Waals surface area contributed by atoms with Gasteiger partial charge in [-0.1, -0.05) is 19.9 Å². The van der Waals surface area contributed by atoms with E-state index in [4.69, 9.17) is 4.74 Å². The van der Waals surface area contributed by atoms with Crippen molar-refractivity contribution in [2.24, 2.45) is 17.3 Å². The molecule has 3 heterocycles. The molecule has 4 aliphatic rings. The van der Waals surface area contributed by atoms with Crippen molar-refractivity contribution in [1.82, 2.24) is 15.5 Å². The molecule has 1 aromatic carbocycles. The van der Waals surface area contributed by atoms with Crippen molar-refractivity contribution in [1.29, 1.82) is 0 Å². The maximum Gasteiger partial charge on any atom is 0.229 e. The molecule has 1 aliphatic carbocycles. The van der Waals surface area contributed by atoms with Crippen LogP contribution in [0, 0.1) is 17.3 Å². The molecule has 7 nitrogen and oxygen atoms in total. The Balaban J connectivity index is 0.000000301. The molecule has 1 saturated carbocycles. The maximum atomic E-state index is 11.9. The third-order valence-corrected chi connectivity index (χ3v) is 8.87. The number of amides is 2. The molecule has 1 unspecified atom stereocenters. The van der Waals surface area contributed by atoms with Crippen molar-refractivity contribution in [3.63, 3.8) is 0 Å². The van der Waals surface area contributed by atoms with Gasteiger partial charge in [0.15, 0.2) is 5.78 Å². The summed E-state index contributed by atoms with van der Waals surface area (Å²) in [6.45, 7) is 11.8. The van der Waals surface area contributed by atoms with E-state index in [1.165, 1.54) is 71.2 Å². The highest BCUT2D eigenvalue weighted by Gasteiger charge is 2.47. The summed E-state index contributed by atoms with van der Waals surface area (Å²) in [7, 11) is 0. The first-order valence-electron chi connectivity index (χ1n) is 14.3. The molecular formula is C30H45N3O4. The Kier molecular flexibility index (Phi) is 9.41. The second kappa shape index (κ2) is 12.5. The number of Topliss-reactive ketones (excluding diaryl/α,β-unsaturated/α-hetero) is 1. The number of carbonyl (C=O) groups is 3. The number of nitrogens with one attached hydrogen (secondary N) is 2. The number of nitrogens with zero attached hydrogens (tertiary/aromatic N) is 1. The van der Waals surface area contributed by atoms with Crippen molar-refractivity contribution < 1.29 is 19.1 Å². The number of likely N-dealkylation sites (tertiary alicyclic amines) is 1. The highest BCUT2D eigenvalue weighted by Crippen LogP contribution is 2.50. The number of hydrogen-bond acceptors (Lipinski definition) is 6. The first kappa shape index (κ1) is 27.8. The Bertz CT molecular complexity index is 956. The van der Waals surface area contributed by atoms with Crippen molar-refractivity contribution in [3.8, 4) is 5.75 Å². The van der Waals surface area contributed by atoms with Crippen molar-refractivity contribution >= 4 is 17.6 Å². The van der Waals surface area contributed by atoms with Gasteiger partial charge in [-0.3, -0.25) is 19.7 Å². The van der Waals surface area contributed by atoms with Crippen LogP contribution in [-0.2, 0) is 16.0 Å². The van der Waals surface area contributed by atoms with Crippen LogP contribution in [0.5, 0.6) is 5.75 Å². The van der Waals surface area contributed by atoms with Gasteiger partial charge < -0.3 is 15.0 Å². The van der Waals surface area contributed by atoms with Crippen LogP contribution in [0.2, 0.25) is 0 Å². The average molecular weight is 512 g/mol. The molecule has 1 atom stereocenters. The van der Waals surface area contributed by atoms with Gasteiger partial charge in [0, 0.05) is 24.4 Å². The van der Waals surface area contributed by atoms with E-state index in [9.17, 15) is 14.4 Å². The van der Waals surface area contributed by atoms with E-state index in [0.717, 1.165) is 29.2 Å². The zero-order valence-corrected chi connectivity index (χ0v) is 22.9. The van der Waals surface area contributed by atoms with E-state index in [2.05, 4.69) is 28.5 Å². The quantitative estimate of drug-likeness (QED) is 0.441. The standard InChI is InChI=1S/C24H36N2O2.C6H9NO2/c1-3-20-4-5-21(14-23(20)18(2)27)28-22-15-24(16-22)8-12-26(13-9-24)17-19-6-10-25-11-7-19;1-4-2-3-5(8)7-6(4)9/h4-5,14,19,22,25H,3,6-13,15-17H2,1-2H3;4H,2-3H2,1H3,(H,7,8,9). The van der Waals surface area contributed by atoms with E-state index in [-0.39, 0.29) is 23.5 Å². The number of rotatable bonds is 6. The van der Waals surface area contributed by atoms with Gasteiger partial charge in [-0.05, 0) is 113 Å². The molecule has 0 aromatic heterocycles. The first-order chi connectivity index (χ1) is 17.8. The van der Waals surface area contributed by atoms with Crippen molar-refractivity contribution in [2.45, 2.75) is 84.7 Å². The SMILES string of the molecule is CC1CCC(=O)NC1=O.CCc1ccc(OC2CC3(CCN(CC4CCNCC4)CC3)C2)cc1C(C)=O. The fraction of sp³-hybridized carbons (Fsp3) is 0.700. The summed E-state index contributed by atoms with van der Waals surface area (Å²) in [6.07, 6.45) is 10.1. The van der Waals surface area contributed by atoms with E-state index in [1.807, 2.05) is 19.1 Å². The van der Waals surface area contributed by atoms with Crippen molar-refractivity contribution in [3.05, 3.63) is 29.3 Å². The largest absolute Gasteiger partial charge is 0.490 e. The van der Waals surface area contributed by atoms with Crippen LogP contribution in [0.25, 0.3) is 0 Å². The van der Waals surface area contributed by atoms with Gasteiger partial charge >= 0.3 is 0 Å². The van der Waals surface area contributed by atoms with Gasteiger partial charge in [-0.2, -0.15) is 0 Å². The second-order valence-corrected chi connectivity index (χ2v) is 11.7. The smallest absolute Gasteiger partial charge is 0.229 e. The third-order valence-electron chi connectivity index (χ3n) is 8.87. The van der Waals surface area contributed by atoms with E-state index >= 15 is 0 Å². The number of piperidine rings is 3. The predicted molar refractivity (Wildman–Crippen MR) is 145 cm³/mol. The van der Waals surface area contributed by atoms with Crippen molar-refractivity contribution in [2.75, 3.05) is 32.7 Å². The lowest BCUT2D eigenvalue weighted by Crippen LogP contribution is -2.51. The molecule has 0 bridgehead atoms. The Morgan fingerprint density at radius 3 is 2.41 bits per heavy atom. The second-order valence-electron chi connectivity index (χ2n) is 11.7. The summed E-state index contributed by atoms with van der Waals surface area (Å²) in [4.78, 5) is 35.8. The minimum Gasteiger partial charge on any atom is -0.490 e. The van der Waals surface area contributed by atoms with Gasteiger partial charge in [-0.25, -0.2) is 0 Å². The van der Waals surface area contributed by atoms with Gasteiger partial charge in [0.2, 0.25) is 11.8 Å². The Hall–Kier alpha value is -2.25. The monoisotopic (exact) mass is 511 g/mol. The number of aryl methyl sites for hydroxylation is 1. The third kappa shape index (κ3) is 7.41. The number of imide groups is 1. The number of ether oxygens (including phenoxy) is 1. The number of ketones is 1. The molecule has 4 fully saturated rings. The molecule has 3 saturated heterocycles. The molecule has 2 amide bonds. The van der Waals surface area contributed by atoms with Crippen LogP contribution < -0.4 is 15.4 Å². The normalized spacial score (nSPS) is 24.6. The Labute approximate surface area is 222 Å². The summed E-state index contributed by atoms with van der Waals surface area (Å²) in [5, 5.41) is 5.72. The maximum absolute atomic E-state index is 11.9. The highest BCUT2D eigenvalue weighted by molar-refractivity contribution is 5.98. The van der Waals surface area contributed by atoms with Gasteiger partial charge in [0.05, 0.1) is 6.10 Å². The molecule has 37 heavy (non-hydrogen) atoms. The zero-order valence-electron chi connectivity index (χ0n) is 22.9. The van der Waals surface area contributed by atoms with Gasteiger partial charge in [-0.15, -0.1) is 0 Å². The fourth-order valence-corrected chi connectivity index (χ4v) is 6.30. The minimum atomic E-state index is -0.141. The number of hydrogen-bond donors (Lipinski definition) is 2. The molecular weight excluding hydrogens is 466 g/mol. The van der Waals surface area contributed by atoms with Crippen LogP contribution in [-0.4, -0.2) is 61.3 Å². The molecule has 204 valence electrons. The van der Waals surface area contributed by atoms with Gasteiger partial charge in [0.25, 0.3) is 0 Å². The molecule has 7 heteroatoms. The summed E-state index contributed by atoms with van der Waals surface area (Å²) in [6, 6.07) is 6.05. The van der Waals surface area contributed by atoms with Gasteiger partial charge in [0.1, 0.15) is 5.75 Å². The highest BCUT2D eigenvalue weighted by atomic mass is 16.5. The summed E-state index contributed by atoms with van der Waals surface area (Å²) in [5.74, 6) is 1.64. The lowest BCUT2D eigenvalue weighted by Gasteiger charge is -2.52. The fourth-order valence-electron chi connectivity index (χ4n) is 6.30. The summed E-state index contributed by atoms with van der Waals surface area (Å²) >= 11 is 0. The molecule has 5 rings (SSSR count). The van der Waals surface area contributed by atoms with E-state index in [1.54, 1.807) is 6.92 Å². The average Bonchev–Trinajstić information content (AvgIpc) is 2.87. The van der Waals surface area contributed by atoms with Crippen LogP contribution >= 0.6 is 0 Å². The molecule has 3 aliphatic heterocycles. The predicted octanol–water partition coefficient (Wildman–Crippen LogP) is 4.13. The lowest BCUT2D eigenvalue weighted by molar-refractivity contribution is -0.135. The van der Waals surface area contributed by atoms with E-state index in [0.29, 0.717) is 24.4 Å². The van der Waals surface area contributed by atoms with Crippen LogP contribution in [0.15, 0.2) is 18.2 Å². The molecule has 0 radical (unpaired) electrons. The van der Waals surface area contributed by atoms with Crippen LogP contribution in [0.1, 0.15) is 88.1 Å². The Morgan fingerprint density at radius 1 is 1.11 bits per heavy atom. The number of carbonyl (C=O) groups excluding carboxylic acids is 3. The van der Waals surface area contributed by atoms with Crippen LogP contribution in [0.4, 0.5) is 0 Å². The number of benzene rings is 1. The topological polar surface area (TPSA) is 87.7 Å². The summed E-state index contributed by atoms with van der Waals surface area (Å²) in [5.41, 5.74) is 2.45. The van der Waals surface area contributed by atoms with Crippen LogP contribution in [0.3, 0.4) is 0 Å². The molecule has 2 N–H and O–H groups in total. The summed E-state index contributed by atoms with van der Waals surface area (Å²) < 4.78 is 6.24. The zero-order chi connectivity index (χ0) is 26.4.